The Morgan fingerprint density at radius 2 is 1.95 bits per heavy atom. The van der Waals surface area contributed by atoms with E-state index in [0.29, 0.717) is 5.65 Å². The van der Waals surface area contributed by atoms with E-state index in [9.17, 15) is 13.2 Å². The van der Waals surface area contributed by atoms with Crippen LogP contribution in [0.2, 0.25) is 0 Å². The van der Waals surface area contributed by atoms with E-state index in [1.54, 1.807) is 16.8 Å². The van der Waals surface area contributed by atoms with Crippen molar-refractivity contribution in [3.05, 3.63) is 48.2 Å². The van der Waals surface area contributed by atoms with Gasteiger partial charge in [0.1, 0.15) is 0 Å². The van der Waals surface area contributed by atoms with Crippen LogP contribution in [-0.4, -0.2) is 14.4 Å². The minimum absolute atomic E-state index is 0.139. The molecule has 0 aliphatic carbocycles. The summed E-state index contributed by atoms with van der Waals surface area (Å²) in [4.78, 5) is 8.11. The average molecular weight is 294 g/mol. The Morgan fingerprint density at radius 3 is 2.71 bits per heavy atom. The third-order valence-electron chi connectivity index (χ3n) is 2.81. The summed E-state index contributed by atoms with van der Waals surface area (Å²) in [6, 6.07) is 1.88. The van der Waals surface area contributed by atoms with Crippen LogP contribution in [-0.2, 0) is 0 Å². The molecule has 4 N–H and O–H groups in total. The third-order valence-corrected chi connectivity index (χ3v) is 2.81. The van der Waals surface area contributed by atoms with Gasteiger partial charge in [-0.15, -0.1) is 0 Å². The zero-order chi connectivity index (χ0) is 15.0. The number of hydrogen-bond acceptors (Lipinski definition) is 5. The number of hydrazine groups is 1. The van der Waals surface area contributed by atoms with Crippen LogP contribution in [0.3, 0.4) is 0 Å². The van der Waals surface area contributed by atoms with Crippen molar-refractivity contribution in [1.29, 1.82) is 0 Å². The molecule has 0 aliphatic rings. The van der Waals surface area contributed by atoms with Crippen molar-refractivity contribution in [2.75, 3.05) is 10.7 Å². The van der Waals surface area contributed by atoms with Crippen molar-refractivity contribution in [2.45, 2.75) is 0 Å². The first kappa shape index (κ1) is 13.2. The molecule has 0 spiro atoms. The highest BCUT2D eigenvalue weighted by atomic mass is 19.2. The molecule has 2 aromatic heterocycles. The highest BCUT2D eigenvalue weighted by molar-refractivity contribution is 5.71. The van der Waals surface area contributed by atoms with E-state index in [1.165, 1.54) is 6.20 Å². The van der Waals surface area contributed by atoms with Gasteiger partial charge < -0.3 is 15.1 Å². The molecule has 0 unspecified atom stereocenters. The van der Waals surface area contributed by atoms with E-state index in [1.807, 2.05) is 0 Å². The standard InChI is InChI=1S/C12H9F3N6/c13-6-1-2-7(10(15)9(6)14)18-11-12-17-3-4-21(12)5-8(19-11)20-16/h1-5,20H,16H2,(H,18,19). The van der Waals surface area contributed by atoms with E-state index >= 15 is 0 Å². The molecule has 0 fully saturated rings. The predicted molar refractivity (Wildman–Crippen MR) is 70.4 cm³/mol. The number of benzene rings is 1. The highest BCUT2D eigenvalue weighted by Gasteiger charge is 2.15. The molecule has 0 amide bonds. The van der Waals surface area contributed by atoms with Crippen LogP contribution >= 0.6 is 0 Å². The van der Waals surface area contributed by atoms with Crippen molar-refractivity contribution in [1.82, 2.24) is 14.4 Å². The zero-order valence-electron chi connectivity index (χ0n) is 10.4. The Labute approximate surface area is 116 Å². The summed E-state index contributed by atoms with van der Waals surface area (Å²) < 4.78 is 41.4. The van der Waals surface area contributed by atoms with E-state index in [0.717, 1.165) is 12.1 Å². The number of nitrogens with zero attached hydrogens (tertiary/aromatic N) is 3. The lowest BCUT2D eigenvalue weighted by atomic mass is 10.3. The fraction of sp³-hybridized carbons (Fsp3) is 0. The highest BCUT2D eigenvalue weighted by Crippen LogP contribution is 2.25. The summed E-state index contributed by atoms with van der Waals surface area (Å²) >= 11 is 0. The molecule has 0 radical (unpaired) electrons. The minimum Gasteiger partial charge on any atom is -0.335 e. The molecule has 0 aliphatic heterocycles. The largest absolute Gasteiger partial charge is 0.335 e. The molecule has 3 aromatic rings. The first-order chi connectivity index (χ1) is 10.1. The van der Waals surface area contributed by atoms with Crippen LogP contribution in [0, 0.1) is 17.5 Å². The maximum Gasteiger partial charge on any atom is 0.196 e. The van der Waals surface area contributed by atoms with E-state index in [4.69, 9.17) is 5.84 Å². The quantitative estimate of drug-likeness (QED) is 0.392. The number of imidazole rings is 1. The number of halogens is 3. The molecule has 1 aromatic carbocycles. The minimum atomic E-state index is -1.56. The number of nitrogens with two attached hydrogens (primary N) is 1. The molecular formula is C12H9F3N6. The first-order valence-electron chi connectivity index (χ1n) is 5.81. The molecule has 0 atom stereocenters. The molecule has 6 nitrogen and oxygen atoms in total. The summed E-state index contributed by atoms with van der Waals surface area (Å²) in [6.07, 6.45) is 4.70. The third kappa shape index (κ3) is 2.23. The summed E-state index contributed by atoms with van der Waals surface area (Å²) in [7, 11) is 0. The lowest BCUT2D eigenvalue weighted by Crippen LogP contribution is -2.11. The predicted octanol–water partition coefficient (Wildman–Crippen LogP) is 2.18. The Balaban J connectivity index is 2.09. The van der Waals surface area contributed by atoms with E-state index in [-0.39, 0.29) is 17.3 Å². The second-order valence-electron chi connectivity index (χ2n) is 4.13. The Bertz CT molecular complexity index is 816. The van der Waals surface area contributed by atoms with Gasteiger partial charge in [-0.3, -0.25) is 0 Å². The summed E-state index contributed by atoms with van der Waals surface area (Å²) in [5.41, 5.74) is 2.45. The normalized spacial score (nSPS) is 10.9. The summed E-state index contributed by atoms with van der Waals surface area (Å²) in [5, 5.41) is 2.57. The molecule has 0 saturated heterocycles. The molecule has 2 heterocycles. The number of hydrogen-bond donors (Lipinski definition) is 3. The van der Waals surface area contributed by atoms with Crippen molar-refractivity contribution in [3.63, 3.8) is 0 Å². The first-order valence-corrected chi connectivity index (χ1v) is 5.81. The summed E-state index contributed by atoms with van der Waals surface area (Å²) in [5.74, 6) is 1.54. The van der Waals surface area contributed by atoms with Gasteiger partial charge in [-0.05, 0) is 12.1 Å². The Kier molecular flexibility index (Phi) is 3.10. The van der Waals surface area contributed by atoms with Crippen LogP contribution in [0.4, 0.5) is 30.5 Å². The topological polar surface area (TPSA) is 80.3 Å². The number of fused-ring (bicyclic) bond motifs is 1. The monoisotopic (exact) mass is 294 g/mol. The molecule has 9 heteroatoms. The fourth-order valence-corrected chi connectivity index (χ4v) is 1.84. The lowest BCUT2D eigenvalue weighted by molar-refractivity contribution is 0.449. The number of nitrogen functional groups attached to an aromatic ring is 1. The van der Waals surface area contributed by atoms with Gasteiger partial charge in [0.05, 0.1) is 11.9 Å². The van der Waals surface area contributed by atoms with Crippen molar-refractivity contribution < 1.29 is 13.2 Å². The molecular weight excluding hydrogens is 285 g/mol. The van der Waals surface area contributed by atoms with Gasteiger partial charge in [-0.1, -0.05) is 0 Å². The molecule has 21 heavy (non-hydrogen) atoms. The second kappa shape index (κ2) is 4.94. The lowest BCUT2D eigenvalue weighted by Gasteiger charge is -2.10. The SMILES string of the molecule is NNc1cn2ccnc2c(Nc2ccc(F)c(F)c2F)n1. The van der Waals surface area contributed by atoms with Crippen LogP contribution in [0.1, 0.15) is 0 Å². The van der Waals surface area contributed by atoms with Crippen molar-refractivity contribution in [3.8, 4) is 0 Å². The van der Waals surface area contributed by atoms with Gasteiger partial charge in [0.25, 0.3) is 0 Å². The molecule has 108 valence electrons. The van der Waals surface area contributed by atoms with Gasteiger partial charge in [0, 0.05) is 12.4 Å². The van der Waals surface area contributed by atoms with Crippen LogP contribution in [0.25, 0.3) is 5.65 Å². The average Bonchev–Trinajstić information content (AvgIpc) is 2.96. The fourth-order valence-electron chi connectivity index (χ4n) is 1.84. The second-order valence-corrected chi connectivity index (χ2v) is 4.13. The van der Waals surface area contributed by atoms with Gasteiger partial charge in [-0.25, -0.2) is 29.0 Å². The number of aromatic nitrogens is 3. The van der Waals surface area contributed by atoms with Crippen molar-refractivity contribution in [2.24, 2.45) is 5.84 Å². The van der Waals surface area contributed by atoms with Crippen LogP contribution in [0.15, 0.2) is 30.7 Å². The molecule has 0 bridgehead atoms. The maximum absolute atomic E-state index is 13.7. The van der Waals surface area contributed by atoms with Crippen LogP contribution < -0.4 is 16.6 Å². The Morgan fingerprint density at radius 1 is 1.14 bits per heavy atom. The smallest absolute Gasteiger partial charge is 0.196 e. The maximum atomic E-state index is 13.7. The van der Waals surface area contributed by atoms with Gasteiger partial charge in [0.15, 0.2) is 34.7 Å². The van der Waals surface area contributed by atoms with Crippen LogP contribution in [0.5, 0.6) is 0 Å². The molecule has 0 saturated carbocycles. The Hall–Kier alpha value is -2.81. The van der Waals surface area contributed by atoms with Gasteiger partial charge in [-0.2, -0.15) is 0 Å². The van der Waals surface area contributed by atoms with Gasteiger partial charge >= 0.3 is 0 Å². The number of nitrogens with one attached hydrogen (secondary N) is 2. The summed E-state index contributed by atoms with van der Waals surface area (Å²) in [6.45, 7) is 0. The van der Waals surface area contributed by atoms with Crippen molar-refractivity contribution >= 4 is 23.0 Å². The van der Waals surface area contributed by atoms with Gasteiger partial charge in [0.2, 0.25) is 0 Å². The van der Waals surface area contributed by atoms with E-state index < -0.39 is 17.5 Å². The number of rotatable bonds is 3. The van der Waals surface area contributed by atoms with E-state index in [2.05, 4.69) is 20.7 Å². The number of anilines is 3. The molecule has 3 rings (SSSR count). The zero-order valence-corrected chi connectivity index (χ0v) is 10.4.